The van der Waals surface area contributed by atoms with Crippen LogP contribution in [0.25, 0.3) is 0 Å². The summed E-state index contributed by atoms with van der Waals surface area (Å²) >= 11 is 2.97. The molecule has 0 aromatic carbocycles. The number of ether oxygens (including phenoxy) is 1. The zero-order valence-electron chi connectivity index (χ0n) is 6.55. The van der Waals surface area contributed by atoms with Crippen LogP contribution in [-0.4, -0.2) is 23.7 Å². The highest BCUT2D eigenvalue weighted by Gasteiger charge is 2.02. The molecule has 0 saturated heterocycles. The molecule has 0 bridgehead atoms. The van der Waals surface area contributed by atoms with Crippen LogP contribution in [0, 0.1) is 5.95 Å². The molecule has 12 heavy (non-hydrogen) atoms. The monoisotopic (exact) mass is 234 g/mol. The average molecular weight is 235 g/mol. The van der Waals surface area contributed by atoms with Crippen LogP contribution in [0.2, 0.25) is 0 Å². The van der Waals surface area contributed by atoms with Crippen molar-refractivity contribution in [2.75, 3.05) is 13.7 Å². The van der Waals surface area contributed by atoms with E-state index >= 15 is 0 Å². The maximum atomic E-state index is 12.8. The molecular formula is C7H8BrFN2O. The summed E-state index contributed by atoms with van der Waals surface area (Å²) < 4.78 is 17.9. The van der Waals surface area contributed by atoms with Crippen LogP contribution in [0.3, 0.4) is 0 Å². The minimum atomic E-state index is -0.531. The number of methoxy groups -OCH3 is 1. The summed E-state index contributed by atoms with van der Waals surface area (Å²) in [5.41, 5.74) is 0. The van der Waals surface area contributed by atoms with Gasteiger partial charge in [0, 0.05) is 19.7 Å². The van der Waals surface area contributed by atoms with Crippen molar-refractivity contribution in [3.05, 3.63) is 22.4 Å². The molecule has 0 aliphatic carbocycles. The van der Waals surface area contributed by atoms with Gasteiger partial charge in [0.05, 0.1) is 11.1 Å². The van der Waals surface area contributed by atoms with E-state index in [0.29, 0.717) is 18.9 Å². The van der Waals surface area contributed by atoms with Gasteiger partial charge in [-0.25, -0.2) is 9.97 Å². The van der Waals surface area contributed by atoms with Crippen molar-refractivity contribution in [3.8, 4) is 0 Å². The number of halogens is 2. The molecule has 0 aliphatic rings. The number of nitrogens with zero attached hydrogens (tertiary/aromatic N) is 2. The van der Waals surface area contributed by atoms with Crippen LogP contribution in [0.15, 0.2) is 10.7 Å². The molecule has 3 nitrogen and oxygen atoms in total. The van der Waals surface area contributed by atoms with E-state index in [1.54, 1.807) is 7.11 Å². The third-order valence-corrected chi connectivity index (χ3v) is 1.81. The largest absolute Gasteiger partial charge is 0.384 e. The molecule has 5 heteroatoms. The van der Waals surface area contributed by atoms with Crippen LogP contribution in [0.5, 0.6) is 0 Å². The quantitative estimate of drug-likeness (QED) is 0.746. The first-order chi connectivity index (χ1) is 5.74. The van der Waals surface area contributed by atoms with E-state index < -0.39 is 5.95 Å². The fourth-order valence-corrected chi connectivity index (χ4v) is 0.885. The summed E-state index contributed by atoms with van der Waals surface area (Å²) in [6.45, 7) is 0.501. The molecule has 0 spiro atoms. The van der Waals surface area contributed by atoms with Gasteiger partial charge in [0.2, 0.25) is 5.95 Å². The molecule has 1 heterocycles. The Balaban J connectivity index is 2.69. The highest BCUT2D eigenvalue weighted by Crippen LogP contribution is 2.10. The molecule has 0 fully saturated rings. The summed E-state index contributed by atoms with van der Waals surface area (Å²) in [7, 11) is 1.58. The van der Waals surface area contributed by atoms with Crippen molar-refractivity contribution in [2.45, 2.75) is 6.42 Å². The smallest absolute Gasteiger partial charge is 0.230 e. The van der Waals surface area contributed by atoms with Crippen LogP contribution in [-0.2, 0) is 11.2 Å². The Morgan fingerprint density at radius 3 is 3.00 bits per heavy atom. The Kier molecular flexibility index (Phi) is 3.55. The maximum Gasteiger partial charge on any atom is 0.230 e. The normalized spacial score (nSPS) is 10.2. The minimum absolute atomic E-state index is 0.281. The second-order valence-corrected chi connectivity index (χ2v) is 3.02. The molecule has 0 aliphatic heterocycles. The number of hydrogen-bond donors (Lipinski definition) is 0. The summed E-state index contributed by atoms with van der Waals surface area (Å²) in [5, 5.41) is 0. The van der Waals surface area contributed by atoms with Gasteiger partial charge in [0.1, 0.15) is 5.82 Å². The predicted octanol–water partition coefficient (Wildman–Crippen LogP) is 1.57. The number of hydrogen-bond acceptors (Lipinski definition) is 3. The fourth-order valence-electron chi connectivity index (χ4n) is 0.694. The van der Waals surface area contributed by atoms with Gasteiger partial charge < -0.3 is 4.74 Å². The summed E-state index contributed by atoms with van der Waals surface area (Å²) in [6, 6.07) is 0. The number of aromatic nitrogens is 2. The Labute approximate surface area is 78.1 Å². The van der Waals surface area contributed by atoms with Gasteiger partial charge in [-0.2, -0.15) is 4.39 Å². The van der Waals surface area contributed by atoms with Crippen LogP contribution < -0.4 is 0 Å². The summed E-state index contributed by atoms with van der Waals surface area (Å²) in [5.74, 6) is -0.0753. The molecule has 1 aromatic rings. The molecule has 0 unspecified atom stereocenters. The lowest BCUT2D eigenvalue weighted by molar-refractivity contribution is 0.200. The van der Waals surface area contributed by atoms with Crippen LogP contribution >= 0.6 is 15.9 Å². The molecule has 0 saturated carbocycles. The topological polar surface area (TPSA) is 35.0 Å². The number of rotatable bonds is 3. The highest BCUT2D eigenvalue weighted by atomic mass is 79.9. The van der Waals surface area contributed by atoms with Gasteiger partial charge in [-0.1, -0.05) is 0 Å². The van der Waals surface area contributed by atoms with Gasteiger partial charge in [-0.3, -0.25) is 0 Å². The third-order valence-electron chi connectivity index (χ3n) is 1.28. The first-order valence-electron chi connectivity index (χ1n) is 3.40. The Bertz CT molecular complexity index is 270. The highest BCUT2D eigenvalue weighted by molar-refractivity contribution is 9.10. The van der Waals surface area contributed by atoms with Crippen LogP contribution in [0.1, 0.15) is 5.82 Å². The molecule has 0 radical (unpaired) electrons. The molecule has 0 atom stereocenters. The zero-order valence-corrected chi connectivity index (χ0v) is 8.14. The lowest BCUT2D eigenvalue weighted by Crippen LogP contribution is -2.02. The average Bonchev–Trinajstić information content (AvgIpc) is 2.07. The van der Waals surface area contributed by atoms with Gasteiger partial charge in [-0.05, 0) is 15.9 Å². The van der Waals surface area contributed by atoms with Gasteiger partial charge in [-0.15, -0.1) is 0 Å². The van der Waals surface area contributed by atoms with E-state index in [4.69, 9.17) is 4.74 Å². The van der Waals surface area contributed by atoms with Crippen LogP contribution in [0.4, 0.5) is 4.39 Å². The van der Waals surface area contributed by atoms with Crippen molar-refractivity contribution < 1.29 is 9.13 Å². The van der Waals surface area contributed by atoms with E-state index in [0.717, 1.165) is 0 Å². The lowest BCUT2D eigenvalue weighted by Gasteiger charge is -1.98. The van der Waals surface area contributed by atoms with E-state index in [1.807, 2.05) is 0 Å². The SMILES string of the molecule is COCCc1ncc(Br)c(F)n1. The van der Waals surface area contributed by atoms with E-state index in [2.05, 4.69) is 25.9 Å². The van der Waals surface area contributed by atoms with Crippen molar-refractivity contribution in [1.29, 1.82) is 0 Å². The Morgan fingerprint density at radius 2 is 2.42 bits per heavy atom. The van der Waals surface area contributed by atoms with E-state index in [9.17, 15) is 4.39 Å². The molecule has 66 valence electrons. The molecule has 0 N–H and O–H groups in total. The van der Waals surface area contributed by atoms with Crippen molar-refractivity contribution in [2.24, 2.45) is 0 Å². The molecule has 0 amide bonds. The first-order valence-corrected chi connectivity index (χ1v) is 4.19. The van der Waals surface area contributed by atoms with Gasteiger partial charge in [0.15, 0.2) is 0 Å². The van der Waals surface area contributed by atoms with Crippen molar-refractivity contribution in [3.63, 3.8) is 0 Å². The standard InChI is InChI=1S/C7H8BrFN2O/c1-12-3-2-6-10-4-5(8)7(9)11-6/h4H,2-3H2,1H3. The molecule has 1 aromatic heterocycles. The fraction of sp³-hybridized carbons (Fsp3) is 0.429. The maximum absolute atomic E-state index is 12.8. The molecular weight excluding hydrogens is 227 g/mol. The van der Waals surface area contributed by atoms with Gasteiger partial charge >= 0.3 is 0 Å². The Morgan fingerprint density at radius 1 is 1.67 bits per heavy atom. The van der Waals surface area contributed by atoms with Crippen molar-refractivity contribution in [1.82, 2.24) is 9.97 Å². The summed E-state index contributed by atoms with van der Waals surface area (Å²) in [6.07, 6.45) is 1.92. The second-order valence-electron chi connectivity index (χ2n) is 2.17. The lowest BCUT2D eigenvalue weighted by atomic mass is 10.4. The molecule has 1 rings (SSSR count). The predicted molar refractivity (Wildman–Crippen MR) is 45.3 cm³/mol. The minimum Gasteiger partial charge on any atom is -0.384 e. The second kappa shape index (κ2) is 4.47. The van der Waals surface area contributed by atoms with E-state index in [1.165, 1.54) is 6.20 Å². The first kappa shape index (κ1) is 9.54. The van der Waals surface area contributed by atoms with E-state index in [-0.39, 0.29) is 4.47 Å². The zero-order chi connectivity index (χ0) is 8.97. The Hall–Kier alpha value is -0.550. The van der Waals surface area contributed by atoms with Crippen molar-refractivity contribution >= 4 is 15.9 Å². The summed E-state index contributed by atoms with van der Waals surface area (Å²) in [4.78, 5) is 7.50. The van der Waals surface area contributed by atoms with Gasteiger partial charge in [0.25, 0.3) is 0 Å². The third kappa shape index (κ3) is 2.49.